The van der Waals surface area contributed by atoms with Gasteiger partial charge in [-0.05, 0) is 68.9 Å². The van der Waals surface area contributed by atoms with E-state index in [0.717, 1.165) is 23.1 Å². The van der Waals surface area contributed by atoms with Crippen molar-refractivity contribution in [2.45, 2.75) is 78.0 Å². The molecule has 0 saturated heterocycles. The van der Waals surface area contributed by atoms with Gasteiger partial charge in [-0.3, -0.25) is 4.79 Å². The molecule has 5 rings (SSSR count). The average Bonchev–Trinajstić information content (AvgIpc) is 3.01. The zero-order chi connectivity index (χ0) is 33.0. The van der Waals surface area contributed by atoms with Gasteiger partial charge in [-0.15, -0.1) is 0 Å². The maximum Gasteiger partial charge on any atom is 0.264 e. The van der Waals surface area contributed by atoms with E-state index in [1.54, 1.807) is 35.5 Å². The van der Waals surface area contributed by atoms with Gasteiger partial charge in [0, 0.05) is 18.6 Å². The Morgan fingerprint density at radius 1 is 1.04 bits per heavy atom. The number of aromatic nitrogens is 4. The fourth-order valence-corrected chi connectivity index (χ4v) is 6.35. The summed E-state index contributed by atoms with van der Waals surface area (Å²) < 4.78 is 41.8. The number of amides is 1. The van der Waals surface area contributed by atoms with Crippen molar-refractivity contribution >= 4 is 21.9 Å². The van der Waals surface area contributed by atoms with Crippen molar-refractivity contribution in [2.75, 3.05) is 11.3 Å². The number of sulfonamides is 1. The summed E-state index contributed by atoms with van der Waals surface area (Å²) >= 11 is 0. The fourth-order valence-electron chi connectivity index (χ4n) is 5.36. The lowest BCUT2D eigenvalue weighted by Crippen LogP contribution is -2.44. The van der Waals surface area contributed by atoms with Crippen molar-refractivity contribution in [1.29, 1.82) is 0 Å². The molecular weight excluding hydrogens is 604 g/mol. The van der Waals surface area contributed by atoms with Gasteiger partial charge in [0.1, 0.15) is 12.4 Å². The first-order chi connectivity index (χ1) is 21.9. The fraction of sp³-hybridized carbons (Fsp3) is 0.382. The highest BCUT2D eigenvalue weighted by atomic mass is 32.2. The van der Waals surface area contributed by atoms with Gasteiger partial charge in [-0.1, -0.05) is 45.0 Å². The number of fused-ring (bicyclic) bond motifs is 4. The van der Waals surface area contributed by atoms with Crippen LogP contribution >= 0.6 is 0 Å². The molecule has 1 amide bonds. The molecule has 0 spiro atoms. The van der Waals surface area contributed by atoms with Gasteiger partial charge in [0.2, 0.25) is 11.8 Å². The Hall–Kier alpha value is -4.58. The molecule has 3 heterocycles. The van der Waals surface area contributed by atoms with E-state index in [0.29, 0.717) is 23.7 Å². The Kier molecular flexibility index (Phi) is 9.85. The zero-order valence-corrected chi connectivity index (χ0v) is 27.8. The SMILES string of the molecule is CCC(C)Oc1cnc(CN2C(=O)c3cccc(c3)S(=O)(=O)Nc3nc(cc(-c4c(C)cccc4C)n3)OC[C@H]2CC(C)C)nc1.[HH]. The van der Waals surface area contributed by atoms with Crippen LogP contribution in [-0.2, 0) is 16.6 Å². The molecule has 4 bridgehead atoms. The van der Waals surface area contributed by atoms with E-state index in [9.17, 15) is 13.2 Å². The molecule has 4 aromatic rings. The van der Waals surface area contributed by atoms with Crippen molar-refractivity contribution in [3.05, 3.63) is 83.4 Å². The standard InChI is InChI=1S/C34H40N6O5S.H2/c1-7-24(6)45-27-17-35-30(36-18-27)19-40-26(14-21(2)3)20-44-31-16-29(32-22(4)10-8-11-23(32)5)37-34(38-31)39-46(42,43)28-13-9-12-25(15-28)33(40)41;/h8-13,15-18,21,24,26H,7,14,19-20H2,1-6H3,(H,37,38,39);1H/t24?,26-;/m1./s1. The van der Waals surface area contributed by atoms with E-state index >= 15 is 0 Å². The Bertz CT molecular complexity index is 1800. The van der Waals surface area contributed by atoms with Gasteiger partial charge in [-0.2, -0.15) is 4.98 Å². The lowest BCUT2D eigenvalue weighted by atomic mass is 10.00. The van der Waals surface area contributed by atoms with Gasteiger partial charge in [-0.25, -0.2) is 28.1 Å². The number of aryl methyl sites for hydroxylation is 2. The summed E-state index contributed by atoms with van der Waals surface area (Å²) in [7, 11) is -4.17. The van der Waals surface area contributed by atoms with Gasteiger partial charge in [0.05, 0.1) is 41.7 Å². The van der Waals surface area contributed by atoms with Crippen LogP contribution in [0, 0.1) is 19.8 Å². The normalized spacial score (nSPS) is 16.8. The second-order valence-corrected chi connectivity index (χ2v) is 13.7. The Morgan fingerprint density at radius 2 is 1.74 bits per heavy atom. The van der Waals surface area contributed by atoms with Gasteiger partial charge in [0.25, 0.3) is 15.9 Å². The van der Waals surface area contributed by atoms with Gasteiger partial charge < -0.3 is 14.4 Å². The molecule has 2 aromatic heterocycles. The molecule has 0 radical (unpaired) electrons. The maximum absolute atomic E-state index is 14.2. The van der Waals surface area contributed by atoms with E-state index < -0.39 is 16.1 Å². The van der Waals surface area contributed by atoms with Crippen LogP contribution in [0.15, 0.2) is 65.8 Å². The maximum atomic E-state index is 14.2. The predicted molar refractivity (Wildman–Crippen MR) is 177 cm³/mol. The summed E-state index contributed by atoms with van der Waals surface area (Å²) in [6, 6.07) is 13.1. The molecule has 11 nitrogen and oxygen atoms in total. The lowest BCUT2D eigenvalue weighted by molar-refractivity contribution is 0.0545. The largest absolute Gasteiger partial charge is 0.487 e. The highest BCUT2D eigenvalue weighted by Gasteiger charge is 2.30. The van der Waals surface area contributed by atoms with E-state index in [1.165, 1.54) is 12.1 Å². The summed E-state index contributed by atoms with van der Waals surface area (Å²) in [6.07, 6.45) is 4.65. The molecule has 0 saturated carbocycles. The number of hydrogen-bond acceptors (Lipinski definition) is 9. The molecule has 1 aliphatic rings. The van der Waals surface area contributed by atoms with Gasteiger partial charge in [0.15, 0.2) is 5.75 Å². The quantitative estimate of drug-likeness (QED) is 0.236. The Balaban J connectivity index is 0.00000500. The number of hydrogen-bond donors (Lipinski definition) is 1. The van der Waals surface area contributed by atoms with Crippen LogP contribution in [0.1, 0.15) is 69.3 Å². The lowest BCUT2D eigenvalue weighted by Gasteiger charge is -2.32. The van der Waals surface area contributed by atoms with Crippen LogP contribution in [0.25, 0.3) is 11.3 Å². The third-order valence-corrected chi connectivity index (χ3v) is 9.16. The molecule has 46 heavy (non-hydrogen) atoms. The minimum absolute atomic E-state index is 0. The van der Waals surface area contributed by atoms with Crippen LogP contribution < -0.4 is 14.2 Å². The smallest absolute Gasteiger partial charge is 0.264 e. The van der Waals surface area contributed by atoms with E-state index in [2.05, 4.69) is 38.5 Å². The molecule has 0 fully saturated rings. The number of nitrogens with one attached hydrogen (secondary N) is 1. The first-order valence-electron chi connectivity index (χ1n) is 15.4. The number of carbonyl (C=O) groups is 1. The van der Waals surface area contributed by atoms with Crippen LogP contribution in [0.2, 0.25) is 0 Å². The highest BCUT2D eigenvalue weighted by molar-refractivity contribution is 7.92. The van der Waals surface area contributed by atoms with Gasteiger partial charge >= 0.3 is 0 Å². The third kappa shape index (κ3) is 7.61. The van der Waals surface area contributed by atoms with Crippen LogP contribution in [0.5, 0.6) is 11.6 Å². The van der Waals surface area contributed by atoms with Crippen molar-refractivity contribution in [3.8, 4) is 22.9 Å². The van der Waals surface area contributed by atoms with E-state index in [-0.39, 0.29) is 54.8 Å². The second kappa shape index (κ2) is 13.8. The monoisotopic (exact) mass is 646 g/mol. The van der Waals surface area contributed by atoms with Crippen molar-refractivity contribution in [2.24, 2.45) is 5.92 Å². The molecule has 12 heteroatoms. The minimum Gasteiger partial charge on any atom is -0.487 e. The summed E-state index contributed by atoms with van der Waals surface area (Å²) in [5.74, 6) is 0.835. The first kappa shape index (κ1) is 32.8. The predicted octanol–water partition coefficient (Wildman–Crippen LogP) is 6.22. The molecule has 1 unspecified atom stereocenters. The van der Waals surface area contributed by atoms with Crippen molar-refractivity contribution < 1.29 is 24.1 Å². The van der Waals surface area contributed by atoms with Crippen LogP contribution in [0.4, 0.5) is 5.95 Å². The summed E-state index contributed by atoms with van der Waals surface area (Å²) in [6.45, 7) is 12.2. The highest BCUT2D eigenvalue weighted by Crippen LogP contribution is 2.30. The molecule has 1 N–H and O–H groups in total. The zero-order valence-electron chi connectivity index (χ0n) is 27.0. The number of anilines is 1. The molecular formula is C34H42N6O5S. The summed E-state index contributed by atoms with van der Waals surface area (Å²) in [4.78, 5) is 33.8. The minimum atomic E-state index is -4.17. The topological polar surface area (TPSA) is 136 Å². The number of rotatable bonds is 8. The van der Waals surface area contributed by atoms with Crippen LogP contribution in [0.3, 0.4) is 0 Å². The first-order valence-corrected chi connectivity index (χ1v) is 16.9. The van der Waals surface area contributed by atoms with E-state index in [4.69, 9.17) is 9.47 Å². The van der Waals surface area contributed by atoms with E-state index in [1.807, 2.05) is 45.9 Å². The molecule has 1 aliphatic heterocycles. The molecule has 2 aromatic carbocycles. The molecule has 0 aliphatic carbocycles. The average molecular weight is 647 g/mol. The van der Waals surface area contributed by atoms with Crippen LogP contribution in [-0.4, -0.2) is 57.9 Å². The number of ether oxygens (including phenoxy) is 2. The number of nitrogens with zero attached hydrogens (tertiary/aromatic N) is 5. The third-order valence-electron chi connectivity index (χ3n) is 7.83. The Labute approximate surface area is 272 Å². The summed E-state index contributed by atoms with van der Waals surface area (Å²) in [5, 5.41) is 0. The van der Waals surface area contributed by atoms with Crippen molar-refractivity contribution in [1.82, 2.24) is 24.8 Å². The molecule has 2 atom stereocenters. The number of benzene rings is 2. The van der Waals surface area contributed by atoms with Crippen molar-refractivity contribution in [3.63, 3.8) is 0 Å². The Morgan fingerprint density at radius 3 is 2.41 bits per heavy atom. The molecule has 244 valence electrons. The number of carbonyl (C=O) groups excluding carboxylic acids is 1. The summed E-state index contributed by atoms with van der Waals surface area (Å²) in [5.41, 5.74) is 3.52. The second-order valence-electron chi connectivity index (χ2n) is 12.0.